The van der Waals surface area contributed by atoms with E-state index in [1.54, 1.807) is 11.9 Å². The van der Waals surface area contributed by atoms with E-state index in [9.17, 15) is 0 Å². The van der Waals surface area contributed by atoms with Gasteiger partial charge >= 0.3 is 93.9 Å². The Hall–Kier alpha value is 0.392. The van der Waals surface area contributed by atoms with Gasteiger partial charge in [-0.2, -0.15) is 0 Å². The van der Waals surface area contributed by atoms with Crippen molar-refractivity contribution in [2.45, 2.75) is 78.2 Å². The van der Waals surface area contributed by atoms with Gasteiger partial charge in [-0.1, -0.05) is 0 Å². The van der Waals surface area contributed by atoms with Crippen molar-refractivity contribution in [3.8, 4) is 0 Å². The molecular weight excluding hydrogens is 407 g/mol. The summed E-state index contributed by atoms with van der Waals surface area (Å²) in [7, 11) is 0. The van der Waals surface area contributed by atoms with Gasteiger partial charge in [0.05, 0.1) is 0 Å². The second-order valence-corrected chi connectivity index (χ2v) is 16.2. The summed E-state index contributed by atoms with van der Waals surface area (Å²) in [6.07, 6.45) is 8.88. The molecule has 17 heavy (non-hydrogen) atoms. The van der Waals surface area contributed by atoms with Gasteiger partial charge in [-0.25, -0.2) is 0 Å². The molecule has 2 nitrogen and oxygen atoms in total. The summed E-state index contributed by atoms with van der Waals surface area (Å²) in [6, 6.07) is 0. The monoisotopic (exact) mass is 439 g/mol. The van der Waals surface area contributed by atoms with E-state index in [0.29, 0.717) is 0 Å². The molecule has 3 heteroatoms. The molecule has 0 saturated carbocycles. The van der Waals surface area contributed by atoms with E-state index < -0.39 is 28.7 Å². The molecular formula is C14H31O2Pb. The van der Waals surface area contributed by atoms with Crippen LogP contribution in [0.4, 0.5) is 0 Å². The van der Waals surface area contributed by atoms with Crippen molar-refractivity contribution in [2.24, 2.45) is 0 Å². The van der Waals surface area contributed by atoms with Gasteiger partial charge in [-0.05, 0) is 0 Å². The molecule has 0 amide bonds. The summed E-state index contributed by atoms with van der Waals surface area (Å²) >= 11 is -0.995. The molecule has 0 saturated heterocycles. The number of carboxylic acids is 1. The first-order valence-electron chi connectivity index (χ1n) is 7.11. The number of hydrogen-bond acceptors (Lipinski definition) is 1. The Morgan fingerprint density at radius 1 is 0.882 bits per heavy atom. The van der Waals surface area contributed by atoms with Crippen LogP contribution < -0.4 is 0 Å². The van der Waals surface area contributed by atoms with Crippen LogP contribution in [-0.2, 0) is 4.79 Å². The summed E-state index contributed by atoms with van der Waals surface area (Å²) in [5, 5.41) is 7.42. The van der Waals surface area contributed by atoms with Crippen LogP contribution in [0.15, 0.2) is 0 Å². The molecule has 0 fully saturated rings. The average Bonchev–Trinajstić information content (AvgIpc) is 2.27. The van der Waals surface area contributed by atoms with Crippen molar-refractivity contribution >= 4 is 28.7 Å². The fraction of sp³-hybridized carbons (Fsp3) is 0.929. The minimum absolute atomic E-state index is 0.833. The third-order valence-corrected chi connectivity index (χ3v) is 15.0. The van der Waals surface area contributed by atoms with E-state index in [1.807, 2.05) is 0 Å². The van der Waals surface area contributed by atoms with Crippen molar-refractivity contribution in [2.75, 3.05) is 0 Å². The van der Waals surface area contributed by atoms with Crippen LogP contribution in [-0.4, -0.2) is 33.8 Å². The molecule has 103 valence electrons. The number of carbonyl (C=O) groups is 1. The predicted molar refractivity (Wildman–Crippen MR) is 78.2 cm³/mol. The Kier molecular flexibility index (Phi) is 19.0. The zero-order chi connectivity index (χ0) is 13.5. The topological polar surface area (TPSA) is 37.3 Å². The van der Waals surface area contributed by atoms with E-state index in [-0.39, 0.29) is 0 Å². The van der Waals surface area contributed by atoms with Crippen LogP contribution >= 0.6 is 0 Å². The van der Waals surface area contributed by atoms with E-state index >= 15 is 0 Å². The Bertz CT molecular complexity index is 137. The number of rotatable bonds is 9. The number of carboxylic acid groups (broad SMARTS) is 1. The standard InChI is InChI=1S/3C4H9.C2H4O2.Pb/c3*1-3-4-2;1-2(3)4;/h3*1,3-4H2,2H3;1H3,(H,3,4);. The van der Waals surface area contributed by atoms with Crippen LogP contribution in [0, 0.1) is 0 Å². The van der Waals surface area contributed by atoms with Crippen molar-refractivity contribution in [1.29, 1.82) is 0 Å². The second kappa shape index (κ2) is 16.4. The molecule has 1 N–H and O–H groups in total. The van der Waals surface area contributed by atoms with Crippen LogP contribution in [0.1, 0.15) is 66.2 Å². The molecule has 0 rings (SSSR count). The van der Waals surface area contributed by atoms with E-state index in [1.165, 1.54) is 38.5 Å². The normalized spacial score (nSPS) is 9.94. The minimum atomic E-state index is -0.995. The van der Waals surface area contributed by atoms with Gasteiger partial charge in [0.2, 0.25) is 0 Å². The Labute approximate surface area is 116 Å². The first-order valence-corrected chi connectivity index (χ1v) is 15.4. The molecule has 0 spiro atoms. The Morgan fingerprint density at radius 3 is 1.29 bits per heavy atom. The van der Waals surface area contributed by atoms with Crippen molar-refractivity contribution in [3.05, 3.63) is 0 Å². The van der Waals surface area contributed by atoms with E-state index in [0.717, 1.165) is 6.92 Å². The molecule has 1 radical (unpaired) electrons. The van der Waals surface area contributed by atoms with Crippen LogP contribution in [0.2, 0.25) is 11.9 Å². The predicted octanol–water partition coefficient (Wildman–Crippen LogP) is 4.97. The Morgan fingerprint density at radius 2 is 1.12 bits per heavy atom. The molecule has 0 heterocycles. The van der Waals surface area contributed by atoms with Gasteiger partial charge in [-0.15, -0.1) is 0 Å². The number of hydrogen-bond donors (Lipinski definition) is 1. The molecule has 0 bridgehead atoms. The molecule has 0 aromatic carbocycles. The van der Waals surface area contributed by atoms with Gasteiger partial charge < -0.3 is 5.11 Å². The van der Waals surface area contributed by atoms with E-state index in [4.69, 9.17) is 9.90 Å². The van der Waals surface area contributed by atoms with Gasteiger partial charge in [0.15, 0.2) is 0 Å². The average molecular weight is 439 g/mol. The number of aliphatic carboxylic acids is 1. The van der Waals surface area contributed by atoms with Crippen molar-refractivity contribution in [1.82, 2.24) is 0 Å². The van der Waals surface area contributed by atoms with Crippen LogP contribution in [0.5, 0.6) is 0 Å². The van der Waals surface area contributed by atoms with Crippen LogP contribution in [0.3, 0.4) is 0 Å². The second-order valence-electron chi connectivity index (χ2n) is 4.58. The SMILES string of the molecule is CC(=O)O.CCC[CH2][Pb]([CH2]CCC)[CH2]CCC. The zero-order valence-corrected chi connectivity index (χ0v) is 16.1. The van der Waals surface area contributed by atoms with Crippen molar-refractivity contribution < 1.29 is 9.90 Å². The quantitative estimate of drug-likeness (QED) is 0.516. The summed E-state index contributed by atoms with van der Waals surface area (Å²) in [5.41, 5.74) is 0. The maximum atomic E-state index is 9.00. The summed E-state index contributed by atoms with van der Waals surface area (Å²) in [5.74, 6) is -0.833. The Balaban J connectivity index is 0. The summed E-state index contributed by atoms with van der Waals surface area (Å²) < 4.78 is 5.09. The first-order chi connectivity index (χ1) is 8.08. The van der Waals surface area contributed by atoms with Gasteiger partial charge in [-0.3, -0.25) is 4.79 Å². The van der Waals surface area contributed by atoms with Crippen molar-refractivity contribution in [3.63, 3.8) is 0 Å². The van der Waals surface area contributed by atoms with E-state index in [2.05, 4.69) is 20.8 Å². The molecule has 0 aliphatic heterocycles. The maximum absolute atomic E-state index is 9.00. The molecule has 0 atom stereocenters. The molecule has 0 unspecified atom stereocenters. The third kappa shape index (κ3) is 22.1. The fourth-order valence-electron chi connectivity index (χ4n) is 1.66. The van der Waals surface area contributed by atoms with Gasteiger partial charge in [0, 0.05) is 6.92 Å². The summed E-state index contributed by atoms with van der Waals surface area (Å²) in [6.45, 7) is 8.09. The zero-order valence-electron chi connectivity index (χ0n) is 12.2. The summed E-state index contributed by atoms with van der Waals surface area (Å²) in [4.78, 5) is 9.00. The molecule has 0 aromatic rings. The first kappa shape index (κ1) is 19.7. The third-order valence-electron chi connectivity index (χ3n) is 2.65. The number of unbranched alkanes of at least 4 members (excludes halogenated alkanes) is 3. The van der Waals surface area contributed by atoms with Gasteiger partial charge in [0.1, 0.15) is 0 Å². The molecule has 0 aromatic heterocycles. The molecule has 0 aliphatic carbocycles. The van der Waals surface area contributed by atoms with Crippen LogP contribution in [0.25, 0.3) is 0 Å². The van der Waals surface area contributed by atoms with Gasteiger partial charge in [0.25, 0.3) is 5.97 Å². The molecule has 0 aliphatic rings. The fourth-order valence-corrected chi connectivity index (χ4v) is 14.5.